The van der Waals surface area contributed by atoms with Gasteiger partial charge < -0.3 is 15.1 Å². The van der Waals surface area contributed by atoms with Gasteiger partial charge in [-0.25, -0.2) is 0 Å². The molecule has 0 bridgehead atoms. The van der Waals surface area contributed by atoms with Gasteiger partial charge in [-0.05, 0) is 32.4 Å². The predicted octanol–water partition coefficient (Wildman–Crippen LogP) is 1.82. The van der Waals surface area contributed by atoms with Crippen molar-refractivity contribution >= 4 is 5.69 Å². The molecule has 0 aromatic heterocycles. The minimum absolute atomic E-state index is 0.257. The Balaban J connectivity index is 2.31. The van der Waals surface area contributed by atoms with Crippen LogP contribution in [0.25, 0.3) is 0 Å². The third-order valence-corrected chi connectivity index (χ3v) is 3.86. The third kappa shape index (κ3) is 2.89. The Morgan fingerprint density at radius 2 is 2.11 bits per heavy atom. The van der Waals surface area contributed by atoms with Gasteiger partial charge in [-0.15, -0.1) is 0 Å². The zero-order valence-electron chi connectivity index (χ0n) is 11.4. The van der Waals surface area contributed by atoms with Crippen LogP contribution in [0.3, 0.4) is 0 Å². The molecule has 1 aliphatic rings. The van der Waals surface area contributed by atoms with E-state index in [0.717, 1.165) is 30.8 Å². The Bertz CT molecular complexity index is 491. The molecule has 0 spiro atoms. The molecule has 1 aromatic carbocycles. The summed E-state index contributed by atoms with van der Waals surface area (Å²) in [4.78, 5) is 2.15. The minimum Gasteiger partial charge on any atom is -0.393 e. The number of rotatable bonds is 3. The summed E-state index contributed by atoms with van der Waals surface area (Å²) in [6, 6.07) is 7.50. The molecular formula is C15H20N2O2. The lowest BCUT2D eigenvalue weighted by Crippen LogP contribution is -2.25. The van der Waals surface area contributed by atoms with Crippen molar-refractivity contribution in [2.24, 2.45) is 5.92 Å². The molecule has 0 radical (unpaired) electrons. The highest BCUT2D eigenvalue weighted by atomic mass is 16.3. The van der Waals surface area contributed by atoms with Crippen LogP contribution in [0.1, 0.15) is 37.5 Å². The van der Waals surface area contributed by atoms with Crippen LogP contribution in [0.2, 0.25) is 0 Å². The highest BCUT2D eigenvalue weighted by Crippen LogP contribution is 2.32. The number of aliphatic hydroxyl groups is 2. The van der Waals surface area contributed by atoms with Crippen molar-refractivity contribution in [2.75, 3.05) is 18.0 Å². The molecule has 3 unspecified atom stereocenters. The third-order valence-electron chi connectivity index (χ3n) is 3.86. The second kappa shape index (κ2) is 5.60. The molecule has 0 aliphatic carbocycles. The number of anilines is 1. The first-order valence-electron chi connectivity index (χ1n) is 6.68. The maximum atomic E-state index is 9.84. The summed E-state index contributed by atoms with van der Waals surface area (Å²) in [7, 11) is 0. The van der Waals surface area contributed by atoms with Crippen molar-refractivity contribution in [1.29, 1.82) is 5.26 Å². The largest absolute Gasteiger partial charge is 0.393 e. The van der Waals surface area contributed by atoms with Crippen LogP contribution in [-0.2, 0) is 0 Å². The van der Waals surface area contributed by atoms with E-state index in [1.807, 2.05) is 19.1 Å². The predicted molar refractivity (Wildman–Crippen MR) is 73.8 cm³/mol. The summed E-state index contributed by atoms with van der Waals surface area (Å²) < 4.78 is 0. The molecule has 4 heteroatoms. The summed E-state index contributed by atoms with van der Waals surface area (Å²) in [5, 5.41) is 28.5. The molecule has 1 aliphatic heterocycles. The quantitative estimate of drug-likeness (QED) is 0.870. The van der Waals surface area contributed by atoms with E-state index in [4.69, 9.17) is 5.26 Å². The van der Waals surface area contributed by atoms with E-state index in [0.29, 0.717) is 5.56 Å². The molecule has 2 N–H and O–H groups in total. The lowest BCUT2D eigenvalue weighted by Gasteiger charge is -2.24. The molecule has 1 fully saturated rings. The zero-order chi connectivity index (χ0) is 14.0. The van der Waals surface area contributed by atoms with Crippen LogP contribution in [0.4, 0.5) is 5.69 Å². The van der Waals surface area contributed by atoms with E-state index in [9.17, 15) is 10.2 Å². The number of benzene rings is 1. The minimum atomic E-state index is -0.562. The summed E-state index contributed by atoms with van der Waals surface area (Å²) >= 11 is 0. The highest BCUT2D eigenvalue weighted by Gasteiger charge is 2.28. The summed E-state index contributed by atoms with van der Waals surface area (Å²) in [6.45, 7) is 5.17. The smallest absolute Gasteiger partial charge is 0.0992 e. The second-order valence-corrected chi connectivity index (χ2v) is 5.30. The Morgan fingerprint density at radius 1 is 1.37 bits per heavy atom. The first kappa shape index (κ1) is 13.9. The molecule has 1 heterocycles. The molecule has 19 heavy (non-hydrogen) atoms. The second-order valence-electron chi connectivity index (χ2n) is 5.30. The van der Waals surface area contributed by atoms with Crippen molar-refractivity contribution < 1.29 is 10.2 Å². The van der Waals surface area contributed by atoms with E-state index < -0.39 is 6.10 Å². The van der Waals surface area contributed by atoms with E-state index in [-0.39, 0.29) is 12.0 Å². The van der Waals surface area contributed by atoms with Gasteiger partial charge >= 0.3 is 0 Å². The van der Waals surface area contributed by atoms with Crippen LogP contribution < -0.4 is 4.90 Å². The van der Waals surface area contributed by atoms with Gasteiger partial charge in [-0.2, -0.15) is 5.26 Å². The van der Waals surface area contributed by atoms with Gasteiger partial charge in [0.25, 0.3) is 0 Å². The lowest BCUT2D eigenvalue weighted by molar-refractivity contribution is 0.136. The lowest BCUT2D eigenvalue weighted by atomic mass is 10.0. The first-order chi connectivity index (χ1) is 9.02. The average molecular weight is 260 g/mol. The molecule has 4 nitrogen and oxygen atoms in total. The molecule has 1 aromatic rings. The monoisotopic (exact) mass is 260 g/mol. The van der Waals surface area contributed by atoms with Crippen molar-refractivity contribution in [3.05, 3.63) is 29.3 Å². The van der Waals surface area contributed by atoms with Crippen LogP contribution in [-0.4, -0.2) is 29.4 Å². The van der Waals surface area contributed by atoms with Crippen LogP contribution in [0.15, 0.2) is 18.2 Å². The SMILES string of the molecule is CC(O)c1ccc(C#N)cc1N1CCC(C(C)O)C1. The fourth-order valence-electron chi connectivity index (χ4n) is 2.64. The normalized spacial score (nSPS) is 22.1. The van der Waals surface area contributed by atoms with E-state index in [1.165, 1.54) is 0 Å². The molecule has 1 saturated heterocycles. The Morgan fingerprint density at radius 3 is 2.63 bits per heavy atom. The van der Waals surface area contributed by atoms with Crippen molar-refractivity contribution in [1.82, 2.24) is 0 Å². The van der Waals surface area contributed by atoms with Crippen LogP contribution >= 0.6 is 0 Å². The zero-order valence-corrected chi connectivity index (χ0v) is 11.4. The van der Waals surface area contributed by atoms with Gasteiger partial charge in [0, 0.05) is 30.3 Å². The number of hydrogen-bond acceptors (Lipinski definition) is 4. The number of aliphatic hydroxyl groups excluding tert-OH is 2. The van der Waals surface area contributed by atoms with E-state index >= 15 is 0 Å². The molecule has 102 valence electrons. The van der Waals surface area contributed by atoms with Gasteiger partial charge in [0.2, 0.25) is 0 Å². The first-order valence-corrected chi connectivity index (χ1v) is 6.68. The fourth-order valence-corrected chi connectivity index (χ4v) is 2.64. The van der Waals surface area contributed by atoms with Crippen molar-refractivity contribution in [2.45, 2.75) is 32.5 Å². The maximum absolute atomic E-state index is 9.84. The summed E-state index contributed by atoms with van der Waals surface area (Å²) in [6.07, 6.45) is 0.0562. The molecule has 0 amide bonds. The Kier molecular flexibility index (Phi) is 4.08. The van der Waals surface area contributed by atoms with Crippen molar-refractivity contribution in [3.8, 4) is 6.07 Å². The fraction of sp³-hybridized carbons (Fsp3) is 0.533. The van der Waals surface area contributed by atoms with E-state index in [1.54, 1.807) is 13.0 Å². The van der Waals surface area contributed by atoms with Gasteiger partial charge in [-0.1, -0.05) is 6.07 Å². The molecule has 0 saturated carbocycles. The van der Waals surface area contributed by atoms with Gasteiger partial charge in [0.05, 0.1) is 23.8 Å². The summed E-state index contributed by atoms with van der Waals surface area (Å²) in [5.74, 6) is 0.257. The van der Waals surface area contributed by atoms with Gasteiger partial charge in [-0.3, -0.25) is 0 Å². The van der Waals surface area contributed by atoms with Crippen molar-refractivity contribution in [3.63, 3.8) is 0 Å². The van der Waals surface area contributed by atoms with Crippen LogP contribution in [0, 0.1) is 17.2 Å². The molecule has 2 rings (SSSR count). The standard InChI is InChI=1S/C15H20N2O2/c1-10(18)13-5-6-17(9-13)15-7-12(8-16)3-4-14(15)11(2)19/h3-4,7,10-11,13,18-19H,5-6,9H2,1-2H3. The highest BCUT2D eigenvalue weighted by molar-refractivity contribution is 5.59. The summed E-state index contributed by atoms with van der Waals surface area (Å²) in [5.41, 5.74) is 2.35. The van der Waals surface area contributed by atoms with Gasteiger partial charge in [0.15, 0.2) is 0 Å². The Hall–Kier alpha value is -1.57. The topological polar surface area (TPSA) is 67.5 Å². The van der Waals surface area contributed by atoms with Crippen LogP contribution in [0.5, 0.6) is 0 Å². The van der Waals surface area contributed by atoms with Gasteiger partial charge in [0.1, 0.15) is 0 Å². The molecule has 3 atom stereocenters. The number of hydrogen-bond donors (Lipinski definition) is 2. The number of nitriles is 1. The number of nitrogens with zero attached hydrogens (tertiary/aromatic N) is 2. The molecular weight excluding hydrogens is 240 g/mol. The average Bonchev–Trinajstić information content (AvgIpc) is 2.87. The van der Waals surface area contributed by atoms with E-state index in [2.05, 4.69) is 11.0 Å². The Labute approximate surface area is 113 Å². The maximum Gasteiger partial charge on any atom is 0.0992 e.